The van der Waals surface area contributed by atoms with Gasteiger partial charge in [0.25, 0.3) is 0 Å². The van der Waals surface area contributed by atoms with Crippen molar-refractivity contribution in [2.45, 2.75) is 79.8 Å². The van der Waals surface area contributed by atoms with Crippen molar-refractivity contribution in [3.8, 4) is 28.3 Å². The van der Waals surface area contributed by atoms with Gasteiger partial charge in [-0.3, -0.25) is 9.97 Å². The molecule has 4 heterocycles. The van der Waals surface area contributed by atoms with Crippen molar-refractivity contribution in [1.29, 1.82) is 0 Å². The van der Waals surface area contributed by atoms with Crippen LogP contribution in [0.25, 0.3) is 59.5 Å². The van der Waals surface area contributed by atoms with Gasteiger partial charge in [-0.15, -0.1) is 53.1 Å². The molecule has 0 saturated heterocycles. The van der Waals surface area contributed by atoms with Crippen LogP contribution in [-0.4, -0.2) is 27.6 Å². The SMILES string of the molecule is [2H]C([2H])([2H])c1c[c-]c(-c2ccc([Si](C)(C)C)cn2)cc1.[2H]C([2H])([2H])c1c[c-]c(-c2nc3cc(C)ncc3n2-c2c(C(C)C)cccc2C(C)C)c2sc3ccccc3c12.[Ir]. The summed E-state index contributed by atoms with van der Waals surface area (Å²) in [5.41, 5.74) is 9.33. The molecule has 0 unspecified atom stereocenters. The molecular weight excluding hydrogens is 873 g/mol. The summed E-state index contributed by atoms with van der Waals surface area (Å²) >= 11 is 1.60. The minimum absolute atomic E-state index is 0. The third-order valence-corrected chi connectivity index (χ3v) is 12.9. The number of rotatable bonds is 6. The number of aromatic nitrogens is 4. The molecule has 4 aromatic heterocycles. The second-order valence-corrected chi connectivity index (χ2v) is 21.4. The molecule has 0 amide bonds. The molecule has 277 valence electrons. The second-order valence-electron chi connectivity index (χ2n) is 15.2. The standard InChI is InChI=1S/C32H30N3S.C15H18NSi.Ir/c1-18(2)22-11-9-12-23(19(3)4)30(22)35-27-17-33-21(6)16-26(27)34-32(35)25-15-14-20(5)29-24-10-7-8-13-28(24)36-31(25)29;1-12-5-7-13(8-6-12)15-10-9-14(11-16-15)17(2,3)4;/h7-14,16-19H,1-6H3;5-7,9-11H,1-4H3;/q2*-1;/i5D3;1D3;. The molecule has 4 nitrogen and oxygen atoms in total. The van der Waals surface area contributed by atoms with E-state index < -0.39 is 21.8 Å². The molecule has 0 aliphatic heterocycles. The Morgan fingerprint density at radius 2 is 1.57 bits per heavy atom. The van der Waals surface area contributed by atoms with Gasteiger partial charge in [-0.1, -0.05) is 121 Å². The van der Waals surface area contributed by atoms with Crippen LogP contribution < -0.4 is 5.19 Å². The van der Waals surface area contributed by atoms with Crippen LogP contribution in [0.3, 0.4) is 0 Å². The predicted octanol–water partition coefficient (Wildman–Crippen LogP) is 12.5. The van der Waals surface area contributed by atoms with Crippen LogP contribution in [0, 0.1) is 32.8 Å². The Labute approximate surface area is 347 Å². The van der Waals surface area contributed by atoms with Crippen LogP contribution >= 0.6 is 11.3 Å². The molecule has 1 radical (unpaired) electrons. The summed E-state index contributed by atoms with van der Waals surface area (Å²) in [6.07, 6.45) is 3.83. The monoisotopic (exact) mass is 927 g/mol. The zero-order chi connectivity index (χ0) is 42.6. The number of nitrogens with zero attached hydrogens (tertiary/aromatic N) is 4. The van der Waals surface area contributed by atoms with E-state index in [9.17, 15) is 0 Å². The molecule has 0 saturated carbocycles. The first-order chi connectivity index (χ1) is 27.7. The number of hydrogen-bond donors (Lipinski definition) is 0. The molecule has 4 aromatic carbocycles. The zero-order valence-corrected chi connectivity index (χ0v) is 36.1. The van der Waals surface area contributed by atoms with Gasteiger partial charge in [0.05, 0.1) is 31.1 Å². The number of benzene rings is 4. The first-order valence-electron chi connectivity index (χ1n) is 21.1. The fraction of sp³-hybridized carbons (Fsp3) is 0.255. The molecule has 0 spiro atoms. The topological polar surface area (TPSA) is 43.6 Å². The average molecular weight is 927 g/mol. The molecule has 0 aliphatic rings. The van der Waals surface area contributed by atoms with Crippen molar-refractivity contribution < 1.29 is 28.3 Å². The molecule has 54 heavy (non-hydrogen) atoms. The molecular formula is C47H48IrN4SSi-2. The quantitative estimate of drug-likeness (QED) is 0.123. The molecule has 7 heteroatoms. The molecule has 8 aromatic rings. The number of imidazole rings is 1. The van der Waals surface area contributed by atoms with E-state index in [1.54, 1.807) is 29.5 Å². The van der Waals surface area contributed by atoms with Gasteiger partial charge in [0, 0.05) is 50.6 Å². The van der Waals surface area contributed by atoms with Crippen molar-refractivity contribution in [2.75, 3.05) is 0 Å². The number of hydrogen-bond acceptors (Lipinski definition) is 4. The van der Waals surface area contributed by atoms with E-state index in [4.69, 9.17) is 13.2 Å². The van der Waals surface area contributed by atoms with Crippen molar-refractivity contribution in [3.05, 3.63) is 137 Å². The first-order valence-corrected chi connectivity index (χ1v) is 22.4. The summed E-state index contributed by atoms with van der Waals surface area (Å²) in [6, 6.07) is 33.6. The average Bonchev–Trinajstić information content (AvgIpc) is 3.75. The largest absolute Gasteiger partial charge is 0.331 e. The van der Waals surface area contributed by atoms with E-state index in [1.165, 1.54) is 22.4 Å². The minimum Gasteiger partial charge on any atom is -0.331 e. The Kier molecular flexibility index (Phi) is 9.39. The summed E-state index contributed by atoms with van der Waals surface area (Å²) in [5, 5.41) is 3.02. The van der Waals surface area contributed by atoms with Crippen molar-refractivity contribution in [1.82, 2.24) is 19.5 Å². The molecule has 0 N–H and O–H groups in total. The van der Waals surface area contributed by atoms with Gasteiger partial charge < -0.3 is 9.55 Å². The number of aryl methyl sites for hydroxylation is 3. The van der Waals surface area contributed by atoms with E-state index in [1.807, 2.05) is 55.7 Å². The smallest absolute Gasteiger partial charge is 0.0822 e. The van der Waals surface area contributed by atoms with Crippen LogP contribution in [0.2, 0.25) is 19.6 Å². The van der Waals surface area contributed by atoms with E-state index in [0.29, 0.717) is 11.1 Å². The van der Waals surface area contributed by atoms with E-state index >= 15 is 0 Å². The van der Waals surface area contributed by atoms with Crippen LogP contribution in [0.1, 0.15) is 75.7 Å². The maximum Gasteiger partial charge on any atom is 0.0822 e. The normalized spacial score (nSPS) is 13.8. The maximum absolute atomic E-state index is 8.27. The van der Waals surface area contributed by atoms with E-state index in [2.05, 4.69) is 98.3 Å². The van der Waals surface area contributed by atoms with Gasteiger partial charge in [-0.2, -0.15) is 11.3 Å². The summed E-state index contributed by atoms with van der Waals surface area (Å²) in [5.74, 6) is 1.32. The van der Waals surface area contributed by atoms with Crippen molar-refractivity contribution in [3.63, 3.8) is 0 Å². The van der Waals surface area contributed by atoms with Crippen LogP contribution in [0.4, 0.5) is 0 Å². The van der Waals surface area contributed by atoms with E-state index in [0.717, 1.165) is 65.2 Å². The number of thiophene rings is 1. The first kappa shape index (κ1) is 32.0. The van der Waals surface area contributed by atoms with Gasteiger partial charge >= 0.3 is 0 Å². The minimum atomic E-state index is -2.26. The molecule has 0 atom stereocenters. The molecule has 8 rings (SSSR count). The third kappa shape index (κ3) is 7.65. The van der Waals surface area contributed by atoms with Crippen LogP contribution in [-0.2, 0) is 20.1 Å². The zero-order valence-electron chi connectivity index (χ0n) is 37.9. The van der Waals surface area contributed by atoms with Crippen LogP contribution in [0.15, 0.2) is 97.3 Å². The van der Waals surface area contributed by atoms with Gasteiger partial charge in [-0.25, -0.2) is 0 Å². The van der Waals surface area contributed by atoms with E-state index in [-0.39, 0.29) is 31.9 Å². The summed E-state index contributed by atoms with van der Waals surface area (Å²) in [7, 11) is -1.34. The van der Waals surface area contributed by atoms with Gasteiger partial charge in [0.15, 0.2) is 0 Å². The maximum atomic E-state index is 8.27. The molecule has 0 bridgehead atoms. The fourth-order valence-corrected chi connectivity index (χ4v) is 9.02. The number of pyridine rings is 2. The van der Waals surface area contributed by atoms with Gasteiger partial charge in [-0.05, 0) is 63.0 Å². The second kappa shape index (κ2) is 15.8. The Balaban J connectivity index is 0.000000243. The van der Waals surface area contributed by atoms with Gasteiger partial charge in [0.1, 0.15) is 0 Å². The predicted molar refractivity (Wildman–Crippen MR) is 230 cm³/mol. The molecule has 0 fully saturated rings. The van der Waals surface area contributed by atoms with Crippen molar-refractivity contribution in [2.24, 2.45) is 0 Å². The Hall–Kier alpha value is -4.26. The Bertz CT molecular complexity index is 2720. The number of para-hydroxylation sites is 1. The Morgan fingerprint density at radius 3 is 2.20 bits per heavy atom. The summed E-state index contributed by atoms with van der Waals surface area (Å²) in [6.45, 7) is 13.3. The third-order valence-electron chi connectivity index (χ3n) is 9.64. The summed E-state index contributed by atoms with van der Waals surface area (Å²) in [4.78, 5) is 14.3. The Morgan fingerprint density at radius 1 is 0.815 bits per heavy atom. The molecule has 0 aliphatic carbocycles. The number of fused-ring (bicyclic) bond motifs is 4. The van der Waals surface area contributed by atoms with Crippen molar-refractivity contribution >= 4 is 55.8 Å². The fourth-order valence-electron chi connectivity index (χ4n) is 6.76. The van der Waals surface area contributed by atoms with Gasteiger partial charge in [0.2, 0.25) is 0 Å². The summed E-state index contributed by atoms with van der Waals surface area (Å²) < 4.78 is 51.0. The van der Waals surface area contributed by atoms with Crippen LogP contribution in [0.5, 0.6) is 0 Å².